The molecule has 9 nitrogen and oxygen atoms in total. The number of hydrogen-bond acceptors (Lipinski definition) is 5. The van der Waals surface area contributed by atoms with Crippen molar-refractivity contribution in [3.8, 4) is 0 Å². The van der Waals surface area contributed by atoms with Crippen LogP contribution in [0.1, 0.15) is 97.9 Å². The fourth-order valence-electron chi connectivity index (χ4n) is 6.45. The molecule has 16 heteroatoms. The lowest BCUT2D eigenvalue weighted by atomic mass is 9.79. The minimum atomic E-state index is -4.39. The monoisotopic (exact) mass is 657 g/mol. The lowest BCUT2D eigenvalue weighted by Crippen LogP contribution is -2.39. The maximum atomic E-state index is 14.0. The summed E-state index contributed by atoms with van der Waals surface area (Å²) in [6, 6.07) is 0.568. The van der Waals surface area contributed by atoms with Crippen LogP contribution < -0.4 is 10.6 Å². The Labute approximate surface area is 259 Å². The molecule has 3 heterocycles. The van der Waals surface area contributed by atoms with Gasteiger partial charge >= 0.3 is 6.18 Å². The van der Waals surface area contributed by atoms with Gasteiger partial charge in [-0.3, -0.25) is 14.3 Å². The number of carbonyl (C=O) groups is 2. The van der Waals surface area contributed by atoms with Crippen molar-refractivity contribution in [2.24, 2.45) is 17.8 Å². The molecule has 0 aromatic carbocycles. The van der Waals surface area contributed by atoms with E-state index in [1.807, 2.05) is 0 Å². The van der Waals surface area contributed by atoms with Crippen molar-refractivity contribution < 1.29 is 40.3 Å². The Balaban J connectivity index is 1.20. The number of fused-ring (bicyclic) bond motifs is 1. The van der Waals surface area contributed by atoms with Crippen molar-refractivity contribution in [2.75, 3.05) is 0 Å². The van der Waals surface area contributed by atoms with Crippen LogP contribution in [-0.4, -0.2) is 54.2 Å². The van der Waals surface area contributed by atoms with Crippen LogP contribution in [0.2, 0.25) is 0 Å². The standard InChI is InChI=1S/C30H34F7N7O2/c31-28(32)5-3-19(4-6-28)26(42-27(46)21-14-38-43(15-21)8-7-30(35,36)37)22-16-44-23(40-22)10-20(13-39-44)25(18-1-2-18)41-24(45)9-17-11-29(33,34)12-17/h10,13-19,25-26H,1-9,11-12H2,(H,41,45)(H,42,46)/t25-,26-/m0/s1. The first-order valence-corrected chi connectivity index (χ1v) is 15.4. The van der Waals surface area contributed by atoms with Gasteiger partial charge in [-0.1, -0.05) is 0 Å². The molecule has 46 heavy (non-hydrogen) atoms. The molecule has 3 aliphatic carbocycles. The van der Waals surface area contributed by atoms with Crippen molar-refractivity contribution >= 4 is 17.5 Å². The molecule has 3 saturated carbocycles. The highest BCUT2D eigenvalue weighted by Gasteiger charge is 2.46. The van der Waals surface area contributed by atoms with Gasteiger partial charge in [0.1, 0.15) is 0 Å². The van der Waals surface area contributed by atoms with E-state index in [4.69, 9.17) is 0 Å². The highest BCUT2D eigenvalue weighted by Crippen LogP contribution is 2.45. The zero-order chi connectivity index (χ0) is 32.9. The van der Waals surface area contributed by atoms with Gasteiger partial charge in [-0.2, -0.15) is 23.4 Å². The molecule has 3 aromatic rings. The molecular formula is C30H34F7N7O2. The van der Waals surface area contributed by atoms with Crippen LogP contribution in [0.4, 0.5) is 30.7 Å². The van der Waals surface area contributed by atoms with E-state index in [1.165, 1.54) is 10.7 Å². The molecule has 6 rings (SSSR count). The van der Waals surface area contributed by atoms with Gasteiger partial charge in [-0.25, -0.2) is 27.1 Å². The number of amides is 2. The average Bonchev–Trinajstić information content (AvgIpc) is 3.52. The highest BCUT2D eigenvalue weighted by molar-refractivity contribution is 5.94. The first-order valence-electron chi connectivity index (χ1n) is 15.4. The van der Waals surface area contributed by atoms with E-state index in [0.29, 0.717) is 16.9 Å². The largest absolute Gasteiger partial charge is 0.390 e. The van der Waals surface area contributed by atoms with Crippen molar-refractivity contribution in [1.29, 1.82) is 0 Å². The molecule has 0 unspecified atom stereocenters. The lowest BCUT2D eigenvalue weighted by Gasteiger charge is -2.34. The summed E-state index contributed by atoms with van der Waals surface area (Å²) >= 11 is 0. The van der Waals surface area contributed by atoms with Gasteiger partial charge in [0.15, 0.2) is 5.65 Å². The molecule has 250 valence electrons. The Hall–Kier alpha value is -3.72. The van der Waals surface area contributed by atoms with Gasteiger partial charge < -0.3 is 10.6 Å². The number of imidazole rings is 1. The molecule has 0 bridgehead atoms. The summed E-state index contributed by atoms with van der Waals surface area (Å²) in [4.78, 5) is 30.6. The SMILES string of the molecule is O=C(CC1CC(F)(F)C1)N[C@H](c1cnn2cc([C@@H](NC(=O)c3cnn(CCC(F)(F)F)c3)C3CCC(F)(F)CC3)nc2c1)C1CC1. The molecule has 3 aliphatic rings. The first-order chi connectivity index (χ1) is 21.6. The normalized spacial score (nSPS) is 21.5. The molecule has 0 saturated heterocycles. The average molecular weight is 658 g/mol. The van der Waals surface area contributed by atoms with Crippen LogP contribution in [0.25, 0.3) is 5.65 Å². The number of carbonyl (C=O) groups excluding carboxylic acids is 2. The predicted octanol–water partition coefficient (Wildman–Crippen LogP) is 6.18. The van der Waals surface area contributed by atoms with Crippen molar-refractivity contribution in [3.63, 3.8) is 0 Å². The molecule has 3 aromatic heterocycles. The Morgan fingerprint density at radius 3 is 2.26 bits per heavy atom. The second-order valence-electron chi connectivity index (χ2n) is 13.0. The molecule has 2 atom stereocenters. The molecule has 0 aliphatic heterocycles. The fourth-order valence-corrected chi connectivity index (χ4v) is 6.45. The van der Waals surface area contributed by atoms with Crippen LogP contribution >= 0.6 is 0 Å². The van der Waals surface area contributed by atoms with Crippen LogP contribution in [0.3, 0.4) is 0 Å². The van der Waals surface area contributed by atoms with E-state index in [9.17, 15) is 40.3 Å². The topological polar surface area (TPSA) is 106 Å². The van der Waals surface area contributed by atoms with E-state index < -0.39 is 48.9 Å². The van der Waals surface area contributed by atoms with Crippen molar-refractivity contribution in [1.82, 2.24) is 35.0 Å². The van der Waals surface area contributed by atoms with Crippen LogP contribution in [0.5, 0.6) is 0 Å². The summed E-state index contributed by atoms with van der Waals surface area (Å²) < 4.78 is 95.0. The Morgan fingerprint density at radius 1 is 0.913 bits per heavy atom. The van der Waals surface area contributed by atoms with E-state index in [2.05, 4.69) is 25.8 Å². The minimum Gasteiger partial charge on any atom is -0.349 e. The van der Waals surface area contributed by atoms with Crippen molar-refractivity contribution in [3.05, 3.63) is 47.7 Å². The number of rotatable bonds is 11. The van der Waals surface area contributed by atoms with Gasteiger partial charge in [0, 0.05) is 44.8 Å². The maximum Gasteiger partial charge on any atom is 0.390 e. The van der Waals surface area contributed by atoms with Gasteiger partial charge in [0.25, 0.3) is 5.91 Å². The Bertz CT molecular complexity index is 1560. The summed E-state index contributed by atoms with van der Waals surface area (Å²) in [5.41, 5.74) is 1.47. The number of hydrogen-bond donors (Lipinski definition) is 2. The Kier molecular flexibility index (Phi) is 8.51. The number of nitrogens with one attached hydrogen (secondary N) is 2. The van der Waals surface area contributed by atoms with Gasteiger partial charge in [-0.05, 0) is 55.1 Å². The van der Waals surface area contributed by atoms with E-state index >= 15 is 0 Å². The smallest absolute Gasteiger partial charge is 0.349 e. The van der Waals surface area contributed by atoms with E-state index in [-0.39, 0.29) is 74.3 Å². The third-order valence-electron chi connectivity index (χ3n) is 9.14. The number of aromatic nitrogens is 5. The number of halogens is 7. The second-order valence-corrected chi connectivity index (χ2v) is 13.0. The molecule has 0 spiro atoms. The first kappa shape index (κ1) is 32.2. The molecular weight excluding hydrogens is 623 g/mol. The lowest BCUT2D eigenvalue weighted by molar-refractivity contribution is -0.137. The van der Waals surface area contributed by atoms with E-state index in [0.717, 1.165) is 23.7 Å². The summed E-state index contributed by atoms with van der Waals surface area (Å²) in [6.07, 6.45) is 0.699. The zero-order valence-electron chi connectivity index (χ0n) is 24.7. The highest BCUT2D eigenvalue weighted by atomic mass is 19.4. The predicted molar refractivity (Wildman–Crippen MR) is 149 cm³/mol. The second kappa shape index (κ2) is 12.1. The molecule has 2 amide bonds. The van der Waals surface area contributed by atoms with Gasteiger partial charge in [0.05, 0.1) is 48.4 Å². The molecule has 0 radical (unpaired) electrons. The zero-order valence-corrected chi connectivity index (χ0v) is 24.7. The van der Waals surface area contributed by atoms with Crippen LogP contribution in [0, 0.1) is 17.8 Å². The third kappa shape index (κ3) is 7.80. The summed E-state index contributed by atoms with van der Waals surface area (Å²) in [5, 5.41) is 14.1. The quantitative estimate of drug-likeness (QED) is 0.240. The summed E-state index contributed by atoms with van der Waals surface area (Å²) in [7, 11) is 0. The maximum absolute atomic E-state index is 14.0. The number of aryl methyl sites for hydroxylation is 1. The van der Waals surface area contributed by atoms with Crippen LogP contribution in [0.15, 0.2) is 30.9 Å². The minimum absolute atomic E-state index is 0.0189. The Morgan fingerprint density at radius 2 is 1.61 bits per heavy atom. The molecule has 2 N–H and O–H groups in total. The van der Waals surface area contributed by atoms with Crippen molar-refractivity contribution in [2.45, 2.75) is 101 Å². The van der Waals surface area contributed by atoms with Gasteiger partial charge in [-0.15, -0.1) is 0 Å². The van der Waals surface area contributed by atoms with Gasteiger partial charge in [0.2, 0.25) is 17.8 Å². The summed E-state index contributed by atoms with van der Waals surface area (Å²) in [5.74, 6) is -7.05. The summed E-state index contributed by atoms with van der Waals surface area (Å²) in [6.45, 7) is -0.461. The van der Waals surface area contributed by atoms with E-state index in [1.54, 1.807) is 18.5 Å². The number of nitrogens with zero attached hydrogens (tertiary/aromatic N) is 5. The fraction of sp³-hybridized carbons (Fsp3) is 0.633. The van der Waals surface area contributed by atoms with Crippen LogP contribution in [-0.2, 0) is 11.3 Å². The molecule has 3 fully saturated rings. The third-order valence-corrected chi connectivity index (χ3v) is 9.14. The number of alkyl halides is 7.